The maximum Gasteiger partial charge on any atom is 0.329 e. The number of carbonyl (C=O) groups is 5. The van der Waals surface area contributed by atoms with Gasteiger partial charge in [0.25, 0.3) is 5.91 Å². The van der Waals surface area contributed by atoms with E-state index in [1.54, 1.807) is 24.3 Å². The minimum Gasteiger partial charge on any atom is -0.451 e. The smallest absolute Gasteiger partial charge is 0.329 e. The third kappa shape index (κ3) is 4.27. The van der Waals surface area contributed by atoms with Crippen molar-refractivity contribution in [2.24, 2.45) is 11.8 Å². The zero-order chi connectivity index (χ0) is 22.0. The number of Topliss-reactive ketones (excluding diaryl/α,β-unsaturated/α-hetero) is 1. The van der Waals surface area contributed by atoms with Crippen LogP contribution in [0.2, 0.25) is 0 Å². The highest BCUT2D eigenvalue weighted by molar-refractivity contribution is 6.08. The Bertz CT molecular complexity index is 854. The van der Waals surface area contributed by atoms with Crippen LogP contribution in [0.3, 0.4) is 0 Å². The highest BCUT2D eigenvalue weighted by atomic mass is 16.5. The zero-order valence-corrected chi connectivity index (χ0v) is 17.3. The van der Waals surface area contributed by atoms with Crippen LogP contribution >= 0.6 is 0 Å². The van der Waals surface area contributed by atoms with Crippen molar-refractivity contribution >= 4 is 35.2 Å². The van der Waals surface area contributed by atoms with Gasteiger partial charge in [-0.3, -0.25) is 24.1 Å². The quantitative estimate of drug-likeness (QED) is 0.435. The monoisotopic (exact) mass is 414 g/mol. The number of benzene rings is 1. The first kappa shape index (κ1) is 21.7. The molecule has 0 radical (unpaired) electrons. The summed E-state index contributed by atoms with van der Waals surface area (Å²) in [6.07, 6.45) is 2.00. The lowest BCUT2D eigenvalue weighted by molar-refractivity contribution is -0.163. The fraction of sp³-hybridized carbons (Fsp3) is 0.500. The van der Waals surface area contributed by atoms with Gasteiger partial charge in [0.15, 0.2) is 11.9 Å². The van der Waals surface area contributed by atoms with Crippen LogP contribution in [0.1, 0.15) is 56.8 Å². The van der Waals surface area contributed by atoms with Gasteiger partial charge in [-0.25, -0.2) is 4.79 Å². The van der Waals surface area contributed by atoms with Crippen molar-refractivity contribution in [2.45, 2.75) is 58.6 Å². The second-order valence-electron chi connectivity index (χ2n) is 7.92. The van der Waals surface area contributed by atoms with E-state index in [4.69, 9.17) is 4.74 Å². The Morgan fingerprint density at radius 2 is 1.53 bits per heavy atom. The summed E-state index contributed by atoms with van der Waals surface area (Å²) in [4.78, 5) is 62.4. The van der Waals surface area contributed by atoms with Crippen molar-refractivity contribution in [3.05, 3.63) is 29.8 Å². The molecule has 1 aliphatic heterocycles. The zero-order valence-electron chi connectivity index (χ0n) is 17.3. The minimum absolute atomic E-state index is 0.0880. The van der Waals surface area contributed by atoms with Crippen LogP contribution < -0.4 is 5.32 Å². The number of hydrogen-bond donors (Lipinski definition) is 1. The van der Waals surface area contributed by atoms with Crippen molar-refractivity contribution in [2.75, 3.05) is 5.32 Å². The highest BCUT2D eigenvalue weighted by Gasteiger charge is 2.51. The van der Waals surface area contributed by atoms with Crippen molar-refractivity contribution in [1.29, 1.82) is 0 Å². The molecular weight excluding hydrogens is 388 g/mol. The molecule has 30 heavy (non-hydrogen) atoms. The summed E-state index contributed by atoms with van der Waals surface area (Å²) in [5.41, 5.74) is 0.969. The molecule has 1 saturated heterocycles. The first-order valence-corrected chi connectivity index (χ1v) is 10.2. The molecule has 0 spiro atoms. The molecule has 1 N–H and O–H groups in total. The molecule has 160 valence electrons. The Morgan fingerprint density at radius 3 is 2.03 bits per heavy atom. The predicted octanol–water partition coefficient (Wildman–Crippen LogP) is 2.32. The van der Waals surface area contributed by atoms with Crippen LogP contribution in [-0.4, -0.2) is 46.5 Å². The molecule has 0 aromatic heterocycles. The van der Waals surface area contributed by atoms with Gasteiger partial charge in [0, 0.05) is 11.3 Å². The fourth-order valence-corrected chi connectivity index (χ4v) is 4.03. The molecule has 1 aromatic rings. The standard InChI is InChI=1S/C22H26N2O6/c1-12(24-20(27)17-6-4-5-7-18(17)21(24)28)22(29)30-14(3)19(26)23-16-10-8-15(9-11-16)13(2)25/h8-12,14,17-18H,4-7H2,1-3H3,(H,23,26). The summed E-state index contributed by atoms with van der Waals surface area (Å²) in [6, 6.07) is 5.24. The maximum atomic E-state index is 12.6. The van der Waals surface area contributed by atoms with Gasteiger partial charge in [-0.15, -0.1) is 0 Å². The third-order valence-electron chi connectivity index (χ3n) is 5.82. The van der Waals surface area contributed by atoms with Crippen molar-refractivity contribution in [3.63, 3.8) is 0 Å². The lowest BCUT2D eigenvalue weighted by Gasteiger charge is -2.23. The molecule has 0 bridgehead atoms. The van der Waals surface area contributed by atoms with Gasteiger partial charge in [-0.2, -0.15) is 0 Å². The number of imide groups is 1. The van der Waals surface area contributed by atoms with Gasteiger partial charge < -0.3 is 10.1 Å². The van der Waals surface area contributed by atoms with E-state index in [0.717, 1.165) is 17.7 Å². The van der Waals surface area contributed by atoms with E-state index < -0.39 is 24.0 Å². The van der Waals surface area contributed by atoms with Crippen LogP contribution in [0.25, 0.3) is 0 Å². The molecular formula is C22H26N2O6. The van der Waals surface area contributed by atoms with Gasteiger partial charge in [0.05, 0.1) is 11.8 Å². The van der Waals surface area contributed by atoms with Gasteiger partial charge >= 0.3 is 5.97 Å². The Hall–Kier alpha value is -3.03. The van der Waals surface area contributed by atoms with E-state index in [-0.39, 0.29) is 29.4 Å². The number of ketones is 1. The molecule has 1 aromatic carbocycles. The molecule has 8 heteroatoms. The number of nitrogens with zero attached hydrogens (tertiary/aromatic N) is 1. The number of rotatable bonds is 6. The summed E-state index contributed by atoms with van der Waals surface area (Å²) in [5, 5.41) is 2.60. The third-order valence-corrected chi connectivity index (χ3v) is 5.82. The van der Waals surface area contributed by atoms with Crippen LogP contribution in [0.5, 0.6) is 0 Å². The normalized spacial score (nSPS) is 22.8. The molecule has 8 nitrogen and oxygen atoms in total. The minimum atomic E-state index is -1.12. The largest absolute Gasteiger partial charge is 0.451 e. The summed E-state index contributed by atoms with van der Waals surface area (Å²) < 4.78 is 5.22. The van der Waals surface area contributed by atoms with E-state index in [1.165, 1.54) is 20.8 Å². The van der Waals surface area contributed by atoms with Crippen molar-refractivity contribution in [1.82, 2.24) is 4.90 Å². The number of nitrogens with one attached hydrogen (secondary N) is 1. The number of carbonyl (C=O) groups excluding carboxylic acids is 5. The van der Waals surface area contributed by atoms with Gasteiger partial charge in [-0.05, 0) is 57.9 Å². The molecule has 1 saturated carbocycles. The Morgan fingerprint density at radius 1 is 1.00 bits per heavy atom. The topological polar surface area (TPSA) is 110 Å². The van der Waals surface area contributed by atoms with Crippen LogP contribution in [0.15, 0.2) is 24.3 Å². The van der Waals surface area contributed by atoms with Crippen LogP contribution in [0.4, 0.5) is 5.69 Å². The van der Waals surface area contributed by atoms with E-state index in [9.17, 15) is 24.0 Å². The van der Waals surface area contributed by atoms with Gasteiger partial charge in [0.1, 0.15) is 6.04 Å². The lowest BCUT2D eigenvalue weighted by Crippen LogP contribution is -2.46. The average Bonchev–Trinajstić information content (AvgIpc) is 2.98. The van der Waals surface area contributed by atoms with Gasteiger partial charge in [-0.1, -0.05) is 12.8 Å². The lowest BCUT2D eigenvalue weighted by atomic mass is 9.81. The molecule has 4 unspecified atom stereocenters. The molecule has 1 aliphatic carbocycles. The van der Waals surface area contributed by atoms with Crippen LogP contribution in [0, 0.1) is 11.8 Å². The summed E-state index contributed by atoms with van der Waals surface area (Å²) in [5.74, 6) is -2.78. The molecule has 2 aliphatic rings. The molecule has 4 atom stereocenters. The summed E-state index contributed by atoms with van der Waals surface area (Å²) in [7, 11) is 0. The first-order valence-electron chi connectivity index (χ1n) is 10.2. The maximum absolute atomic E-state index is 12.6. The highest BCUT2D eigenvalue weighted by Crippen LogP contribution is 2.38. The van der Waals surface area contributed by atoms with Crippen molar-refractivity contribution < 1.29 is 28.7 Å². The number of amides is 3. The van der Waals surface area contributed by atoms with Crippen LogP contribution in [-0.2, 0) is 23.9 Å². The number of anilines is 1. The number of fused-ring (bicyclic) bond motifs is 1. The predicted molar refractivity (Wildman–Crippen MR) is 107 cm³/mol. The SMILES string of the molecule is CC(=O)c1ccc(NC(=O)C(C)OC(=O)C(C)N2C(=O)C3CCCCC3C2=O)cc1. The molecule has 2 fully saturated rings. The second kappa shape index (κ2) is 8.77. The summed E-state index contributed by atoms with van der Waals surface area (Å²) >= 11 is 0. The van der Waals surface area contributed by atoms with Crippen molar-refractivity contribution in [3.8, 4) is 0 Å². The average molecular weight is 414 g/mol. The molecule has 3 rings (SSSR count). The van der Waals surface area contributed by atoms with Gasteiger partial charge in [0.2, 0.25) is 11.8 Å². The number of esters is 1. The number of hydrogen-bond acceptors (Lipinski definition) is 6. The van der Waals surface area contributed by atoms with E-state index in [0.29, 0.717) is 24.1 Å². The Balaban J connectivity index is 1.59. The second-order valence-corrected chi connectivity index (χ2v) is 7.92. The number of likely N-dealkylation sites (tertiary alicyclic amines) is 1. The van der Waals surface area contributed by atoms with E-state index in [1.807, 2.05) is 0 Å². The fourth-order valence-electron chi connectivity index (χ4n) is 4.03. The van der Waals surface area contributed by atoms with E-state index >= 15 is 0 Å². The Kier molecular flexibility index (Phi) is 6.34. The molecule has 3 amide bonds. The molecule has 1 heterocycles. The summed E-state index contributed by atoms with van der Waals surface area (Å²) in [6.45, 7) is 4.30. The Labute approximate surface area is 174 Å². The van der Waals surface area contributed by atoms with E-state index in [2.05, 4.69) is 5.32 Å². The number of ether oxygens (including phenoxy) is 1. The first-order chi connectivity index (χ1) is 14.2.